The minimum absolute atomic E-state index is 0.178. The lowest BCUT2D eigenvalue weighted by Crippen LogP contribution is -2.36. The van der Waals surface area contributed by atoms with E-state index in [2.05, 4.69) is 0 Å². The summed E-state index contributed by atoms with van der Waals surface area (Å²) in [5, 5.41) is 10.2. The molecular formula is C13H20O2S. The second kappa shape index (κ2) is 5.71. The van der Waals surface area contributed by atoms with Crippen LogP contribution >= 0.6 is 11.8 Å². The van der Waals surface area contributed by atoms with Crippen molar-refractivity contribution in [1.82, 2.24) is 0 Å². The molecule has 0 bridgehead atoms. The summed E-state index contributed by atoms with van der Waals surface area (Å²) in [6, 6.07) is 9.99. The van der Waals surface area contributed by atoms with Gasteiger partial charge in [0, 0.05) is 12.0 Å². The number of thioether (sulfide) groups is 1. The predicted molar refractivity (Wildman–Crippen MR) is 68.6 cm³/mol. The van der Waals surface area contributed by atoms with Crippen molar-refractivity contribution < 1.29 is 9.84 Å². The molecule has 16 heavy (non-hydrogen) atoms. The highest BCUT2D eigenvalue weighted by Gasteiger charge is 2.31. The van der Waals surface area contributed by atoms with Crippen LogP contribution in [0.4, 0.5) is 0 Å². The zero-order valence-corrected chi connectivity index (χ0v) is 11.1. The van der Waals surface area contributed by atoms with Gasteiger partial charge in [0.05, 0.1) is 6.10 Å². The SMILES string of the molecule is COC(Sc1ccccc1)C(O)C(C)(C)C. The summed E-state index contributed by atoms with van der Waals surface area (Å²) in [6.45, 7) is 6.03. The number of methoxy groups -OCH3 is 1. The first kappa shape index (κ1) is 13.6. The molecular weight excluding hydrogens is 220 g/mol. The van der Waals surface area contributed by atoms with Crippen LogP contribution in [0.5, 0.6) is 0 Å². The molecule has 2 atom stereocenters. The van der Waals surface area contributed by atoms with Crippen LogP contribution in [0, 0.1) is 5.41 Å². The summed E-state index contributed by atoms with van der Waals surface area (Å²) in [4.78, 5) is 1.11. The Kier molecular flexibility index (Phi) is 4.84. The maximum absolute atomic E-state index is 10.2. The van der Waals surface area contributed by atoms with Crippen LogP contribution in [0.25, 0.3) is 0 Å². The third-order valence-electron chi connectivity index (χ3n) is 2.37. The van der Waals surface area contributed by atoms with Crippen molar-refractivity contribution in [3.05, 3.63) is 30.3 Å². The molecule has 0 radical (unpaired) electrons. The van der Waals surface area contributed by atoms with Crippen LogP contribution in [0.3, 0.4) is 0 Å². The molecule has 2 unspecified atom stereocenters. The zero-order valence-electron chi connectivity index (χ0n) is 10.3. The van der Waals surface area contributed by atoms with Gasteiger partial charge in [-0.3, -0.25) is 0 Å². The van der Waals surface area contributed by atoms with Gasteiger partial charge in [-0.05, 0) is 17.5 Å². The van der Waals surface area contributed by atoms with Gasteiger partial charge in [0.1, 0.15) is 5.44 Å². The van der Waals surface area contributed by atoms with Gasteiger partial charge in [-0.2, -0.15) is 0 Å². The quantitative estimate of drug-likeness (QED) is 0.647. The summed E-state index contributed by atoms with van der Waals surface area (Å²) in [6.07, 6.45) is -0.497. The summed E-state index contributed by atoms with van der Waals surface area (Å²) >= 11 is 1.55. The minimum Gasteiger partial charge on any atom is -0.389 e. The molecule has 0 spiro atoms. The summed E-state index contributed by atoms with van der Waals surface area (Å²) in [7, 11) is 1.63. The Hall–Kier alpha value is -0.510. The molecule has 1 N–H and O–H groups in total. The molecule has 0 heterocycles. The average molecular weight is 240 g/mol. The Bertz CT molecular complexity index is 305. The summed E-state index contributed by atoms with van der Waals surface area (Å²) < 4.78 is 5.36. The first-order valence-electron chi connectivity index (χ1n) is 5.37. The molecule has 0 amide bonds. The third-order valence-corrected chi connectivity index (χ3v) is 3.60. The third kappa shape index (κ3) is 3.81. The van der Waals surface area contributed by atoms with E-state index in [0.717, 1.165) is 4.90 Å². The van der Waals surface area contributed by atoms with E-state index in [1.165, 1.54) is 0 Å². The molecule has 0 aliphatic carbocycles. The highest BCUT2D eigenvalue weighted by molar-refractivity contribution is 7.99. The van der Waals surface area contributed by atoms with Crippen molar-refractivity contribution >= 4 is 11.8 Å². The number of ether oxygens (including phenoxy) is 1. The Morgan fingerprint density at radius 2 is 1.75 bits per heavy atom. The zero-order chi connectivity index (χ0) is 12.2. The van der Waals surface area contributed by atoms with Gasteiger partial charge in [-0.1, -0.05) is 50.7 Å². The van der Waals surface area contributed by atoms with Crippen LogP contribution in [0.15, 0.2) is 35.2 Å². The molecule has 1 aromatic rings. The first-order valence-corrected chi connectivity index (χ1v) is 6.25. The maximum atomic E-state index is 10.2. The van der Waals surface area contributed by atoms with E-state index < -0.39 is 6.10 Å². The number of hydrogen-bond donors (Lipinski definition) is 1. The molecule has 0 saturated heterocycles. The van der Waals surface area contributed by atoms with E-state index in [9.17, 15) is 5.11 Å². The topological polar surface area (TPSA) is 29.5 Å². The number of hydrogen-bond acceptors (Lipinski definition) is 3. The highest BCUT2D eigenvalue weighted by Crippen LogP contribution is 2.32. The normalized spacial score (nSPS) is 15.8. The number of rotatable bonds is 4. The molecule has 0 fully saturated rings. The fourth-order valence-corrected chi connectivity index (χ4v) is 2.50. The van der Waals surface area contributed by atoms with Crippen LogP contribution in [0.2, 0.25) is 0 Å². The number of aliphatic hydroxyl groups excluding tert-OH is 1. The van der Waals surface area contributed by atoms with Gasteiger partial charge in [0.15, 0.2) is 0 Å². The first-order chi connectivity index (χ1) is 7.45. The van der Waals surface area contributed by atoms with Gasteiger partial charge < -0.3 is 9.84 Å². The van der Waals surface area contributed by atoms with Crippen molar-refractivity contribution in [1.29, 1.82) is 0 Å². The Balaban J connectivity index is 2.70. The van der Waals surface area contributed by atoms with E-state index in [0.29, 0.717) is 0 Å². The summed E-state index contributed by atoms with van der Waals surface area (Å²) in [5.41, 5.74) is -0.412. The number of aliphatic hydroxyl groups is 1. The van der Waals surface area contributed by atoms with E-state index in [-0.39, 0.29) is 10.9 Å². The Labute approximate surface area is 102 Å². The van der Waals surface area contributed by atoms with Crippen LogP contribution in [0.1, 0.15) is 20.8 Å². The fraction of sp³-hybridized carbons (Fsp3) is 0.538. The van der Waals surface area contributed by atoms with Crippen molar-refractivity contribution in [2.45, 2.75) is 37.2 Å². The van der Waals surface area contributed by atoms with Crippen LogP contribution in [-0.4, -0.2) is 23.8 Å². The molecule has 0 aliphatic heterocycles. The lowest BCUT2D eigenvalue weighted by molar-refractivity contribution is -0.0218. The van der Waals surface area contributed by atoms with Crippen molar-refractivity contribution in [3.63, 3.8) is 0 Å². The molecule has 3 heteroatoms. The standard InChI is InChI=1S/C13H20O2S/c1-13(2,3)11(14)12(15-4)16-10-8-6-5-7-9-10/h5-9,11-12,14H,1-4H3. The van der Waals surface area contributed by atoms with E-state index in [1.807, 2.05) is 51.1 Å². The molecule has 1 aromatic carbocycles. The maximum Gasteiger partial charge on any atom is 0.133 e. The second-order valence-electron chi connectivity index (χ2n) is 4.85. The molecule has 2 nitrogen and oxygen atoms in total. The van der Waals surface area contributed by atoms with E-state index in [4.69, 9.17) is 4.74 Å². The molecule has 0 aliphatic rings. The van der Waals surface area contributed by atoms with Gasteiger partial charge >= 0.3 is 0 Å². The number of benzene rings is 1. The lowest BCUT2D eigenvalue weighted by atomic mass is 9.89. The predicted octanol–water partition coefficient (Wildman–Crippen LogP) is 3.16. The Morgan fingerprint density at radius 3 is 2.19 bits per heavy atom. The smallest absolute Gasteiger partial charge is 0.133 e. The molecule has 90 valence electrons. The van der Waals surface area contributed by atoms with Gasteiger partial charge in [0.2, 0.25) is 0 Å². The second-order valence-corrected chi connectivity index (χ2v) is 6.02. The lowest BCUT2D eigenvalue weighted by Gasteiger charge is -2.31. The van der Waals surface area contributed by atoms with Crippen molar-refractivity contribution in [2.75, 3.05) is 7.11 Å². The fourth-order valence-electron chi connectivity index (χ4n) is 1.28. The van der Waals surface area contributed by atoms with E-state index >= 15 is 0 Å². The van der Waals surface area contributed by atoms with Crippen molar-refractivity contribution in [2.24, 2.45) is 5.41 Å². The molecule has 0 saturated carbocycles. The van der Waals surface area contributed by atoms with Crippen molar-refractivity contribution in [3.8, 4) is 0 Å². The molecule has 0 aromatic heterocycles. The monoisotopic (exact) mass is 240 g/mol. The van der Waals surface area contributed by atoms with Gasteiger partial charge in [-0.15, -0.1) is 0 Å². The average Bonchev–Trinajstić information content (AvgIpc) is 2.25. The van der Waals surface area contributed by atoms with E-state index in [1.54, 1.807) is 18.9 Å². The largest absolute Gasteiger partial charge is 0.389 e. The van der Waals surface area contributed by atoms with Crippen LogP contribution < -0.4 is 0 Å². The van der Waals surface area contributed by atoms with Gasteiger partial charge in [-0.25, -0.2) is 0 Å². The molecule has 1 rings (SSSR count). The van der Waals surface area contributed by atoms with Gasteiger partial charge in [0.25, 0.3) is 0 Å². The highest BCUT2D eigenvalue weighted by atomic mass is 32.2. The minimum atomic E-state index is -0.497. The summed E-state index contributed by atoms with van der Waals surface area (Å²) in [5.74, 6) is 0. The van der Waals surface area contributed by atoms with Crippen LogP contribution in [-0.2, 0) is 4.74 Å². The Morgan fingerprint density at radius 1 is 1.19 bits per heavy atom.